The molecule has 2 N–H and O–H groups in total. The van der Waals surface area contributed by atoms with Crippen LogP contribution in [0.1, 0.15) is 25.5 Å². The first kappa shape index (κ1) is 12.6. The zero-order valence-corrected chi connectivity index (χ0v) is 10.8. The van der Waals surface area contributed by atoms with E-state index in [0.717, 1.165) is 5.56 Å². The molecule has 18 heavy (non-hydrogen) atoms. The third-order valence-corrected chi connectivity index (χ3v) is 3.07. The number of urea groups is 1. The van der Waals surface area contributed by atoms with Gasteiger partial charge in [-0.2, -0.15) is 0 Å². The predicted octanol–water partition coefficient (Wildman–Crippen LogP) is 2.56. The van der Waals surface area contributed by atoms with E-state index in [4.69, 9.17) is 11.6 Å². The second-order valence-corrected chi connectivity index (χ2v) is 4.62. The minimum atomic E-state index is -0.449. The van der Waals surface area contributed by atoms with Crippen molar-refractivity contribution in [3.63, 3.8) is 0 Å². The zero-order valence-electron chi connectivity index (χ0n) is 10.1. The Labute approximate surface area is 110 Å². The van der Waals surface area contributed by atoms with Crippen molar-refractivity contribution in [1.29, 1.82) is 0 Å². The molecule has 5 heteroatoms. The van der Waals surface area contributed by atoms with Crippen molar-refractivity contribution in [3.8, 4) is 0 Å². The van der Waals surface area contributed by atoms with E-state index in [1.54, 1.807) is 25.1 Å². The Morgan fingerprint density at radius 3 is 2.72 bits per heavy atom. The minimum absolute atomic E-state index is 0.0787. The number of hydrogen-bond acceptors (Lipinski definition) is 2. The van der Waals surface area contributed by atoms with Gasteiger partial charge in [-0.05, 0) is 31.5 Å². The van der Waals surface area contributed by atoms with Crippen molar-refractivity contribution in [3.05, 3.63) is 46.1 Å². The number of carbonyl (C=O) groups excluding carboxylic acids is 2. The molecule has 1 aliphatic heterocycles. The van der Waals surface area contributed by atoms with Crippen LogP contribution in [0.5, 0.6) is 0 Å². The lowest BCUT2D eigenvalue weighted by atomic mass is 9.93. The van der Waals surface area contributed by atoms with Gasteiger partial charge in [0.05, 0.1) is 6.04 Å². The number of halogens is 1. The maximum atomic E-state index is 11.7. The van der Waals surface area contributed by atoms with Gasteiger partial charge in [0, 0.05) is 16.3 Å². The van der Waals surface area contributed by atoms with Gasteiger partial charge in [-0.25, -0.2) is 4.79 Å². The number of amides is 2. The molecule has 4 nitrogen and oxygen atoms in total. The summed E-state index contributed by atoms with van der Waals surface area (Å²) < 4.78 is 0. The molecule has 0 saturated heterocycles. The van der Waals surface area contributed by atoms with Gasteiger partial charge in [0.1, 0.15) is 0 Å². The molecule has 0 aliphatic carbocycles. The lowest BCUT2D eigenvalue weighted by molar-refractivity contribution is -0.114. The molecule has 1 unspecified atom stereocenters. The molecule has 0 saturated carbocycles. The van der Waals surface area contributed by atoms with E-state index in [0.29, 0.717) is 16.3 Å². The van der Waals surface area contributed by atoms with Crippen LogP contribution >= 0.6 is 11.6 Å². The van der Waals surface area contributed by atoms with Crippen LogP contribution in [0, 0.1) is 0 Å². The Bertz CT molecular complexity index is 552. The third kappa shape index (κ3) is 2.38. The molecule has 1 aliphatic rings. The summed E-state index contributed by atoms with van der Waals surface area (Å²) in [7, 11) is 0. The van der Waals surface area contributed by atoms with Crippen molar-refractivity contribution in [2.75, 3.05) is 0 Å². The highest BCUT2D eigenvalue weighted by atomic mass is 35.5. The number of carbonyl (C=O) groups is 2. The second kappa shape index (κ2) is 4.82. The van der Waals surface area contributed by atoms with Crippen LogP contribution < -0.4 is 10.6 Å². The summed E-state index contributed by atoms with van der Waals surface area (Å²) in [4.78, 5) is 23.2. The molecule has 2 rings (SSSR count). The summed E-state index contributed by atoms with van der Waals surface area (Å²) in [6, 6.07) is 6.35. The van der Waals surface area contributed by atoms with Crippen LogP contribution in [0.4, 0.5) is 4.79 Å². The van der Waals surface area contributed by atoms with Crippen LogP contribution in [-0.4, -0.2) is 11.8 Å². The molecule has 1 heterocycles. The predicted molar refractivity (Wildman–Crippen MR) is 69.2 cm³/mol. The molecule has 1 aromatic rings. The highest BCUT2D eigenvalue weighted by Gasteiger charge is 2.28. The lowest BCUT2D eigenvalue weighted by Gasteiger charge is -2.28. The highest BCUT2D eigenvalue weighted by molar-refractivity contribution is 6.30. The molecule has 94 valence electrons. The first-order valence-electron chi connectivity index (χ1n) is 5.53. The fourth-order valence-electron chi connectivity index (χ4n) is 2.10. The summed E-state index contributed by atoms with van der Waals surface area (Å²) in [6.07, 6.45) is 0. The Balaban J connectivity index is 2.50. The van der Waals surface area contributed by atoms with Gasteiger partial charge in [0.2, 0.25) is 0 Å². The molecule has 0 spiro atoms. The molecule has 0 bridgehead atoms. The summed E-state index contributed by atoms with van der Waals surface area (Å²) in [6.45, 7) is 3.20. The average molecular weight is 265 g/mol. The van der Waals surface area contributed by atoms with E-state index < -0.39 is 6.04 Å². The van der Waals surface area contributed by atoms with E-state index >= 15 is 0 Å². The van der Waals surface area contributed by atoms with Gasteiger partial charge in [-0.1, -0.05) is 23.7 Å². The number of hydrogen-bond donors (Lipinski definition) is 2. The van der Waals surface area contributed by atoms with Crippen LogP contribution in [0.25, 0.3) is 0 Å². The van der Waals surface area contributed by atoms with Gasteiger partial charge in [0.15, 0.2) is 5.78 Å². The van der Waals surface area contributed by atoms with Crippen molar-refractivity contribution >= 4 is 23.4 Å². The zero-order chi connectivity index (χ0) is 13.3. The van der Waals surface area contributed by atoms with Gasteiger partial charge in [-0.3, -0.25) is 4.79 Å². The molecular weight excluding hydrogens is 252 g/mol. The topological polar surface area (TPSA) is 58.2 Å². The van der Waals surface area contributed by atoms with Crippen LogP contribution in [-0.2, 0) is 4.79 Å². The van der Waals surface area contributed by atoms with Crippen LogP contribution in [0.15, 0.2) is 35.5 Å². The van der Waals surface area contributed by atoms with E-state index in [9.17, 15) is 9.59 Å². The summed E-state index contributed by atoms with van der Waals surface area (Å²) in [5.74, 6) is -0.0787. The highest BCUT2D eigenvalue weighted by Crippen LogP contribution is 2.28. The normalized spacial score (nSPS) is 19.3. The van der Waals surface area contributed by atoms with Gasteiger partial charge < -0.3 is 10.6 Å². The number of allylic oxidation sites excluding steroid dienone is 1. The lowest BCUT2D eigenvalue weighted by Crippen LogP contribution is -2.44. The van der Waals surface area contributed by atoms with Gasteiger partial charge in [0.25, 0.3) is 0 Å². The van der Waals surface area contributed by atoms with E-state index in [1.165, 1.54) is 6.92 Å². The monoisotopic (exact) mass is 264 g/mol. The van der Waals surface area contributed by atoms with Gasteiger partial charge >= 0.3 is 6.03 Å². The summed E-state index contributed by atoms with van der Waals surface area (Å²) in [5.41, 5.74) is 1.93. The van der Waals surface area contributed by atoms with E-state index in [1.807, 2.05) is 6.07 Å². The Kier molecular flexibility index (Phi) is 3.39. The number of benzene rings is 1. The first-order valence-corrected chi connectivity index (χ1v) is 5.91. The molecule has 0 radical (unpaired) electrons. The second-order valence-electron chi connectivity index (χ2n) is 4.18. The largest absolute Gasteiger partial charge is 0.327 e. The number of Topliss-reactive ketones (excluding diaryl/α,β-unsaturated/α-hetero) is 1. The summed E-state index contributed by atoms with van der Waals surface area (Å²) in [5, 5.41) is 5.91. The molecule has 0 aromatic heterocycles. The fourth-order valence-corrected chi connectivity index (χ4v) is 2.30. The number of rotatable bonds is 2. The standard InChI is InChI=1S/C13H13ClN2O2/c1-7-11(8(2)17)12(16-13(18)15-7)9-4-3-5-10(14)6-9/h3-6,12H,1-2H3,(H2,15,16,18). The average Bonchev–Trinajstić information content (AvgIpc) is 2.27. The van der Waals surface area contributed by atoms with Crippen molar-refractivity contribution < 1.29 is 9.59 Å². The molecule has 1 atom stereocenters. The third-order valence-electron chi connectivity index (χ3n) is 2.83. The first-order chi connectivity index (χ1) is 8.49. The van der Waals surface area contributed by atoms with Crippen molar-refractivity contribution in [1.82, 2.24) is 10.6 Å². The van der Waals surface area contributed by atoms with Crippen LogP contribution in [0.3, 0.4) is 0 Å². The molecular formula is C13H13ClN2O2. The molecule has 2 amide bonds. The number of nitrogens with one attached hydrogen (secondary N) is 2. The van der Waals surface area contributed by atoms with E-state index in [-0.39, 0.29) is 11.8 Å². The SMILES string of the molecule is CC(=O)C1=C(C)NC(=O)NC1c1cccc(Cl)c1. The molecule has 0 fully saturated rings. The maximum absolute atomic E-state index is 11.7. The number of ketones is 1. The summed E-state index contributed by atoms with van der Waals surface area (Å²) >= 11 is 5.93. The molecule has 1 aromatic carbocycles. The van der Waals surface area contributed by atoms with Crippen molar-refractivity contribution in [2.45, 2.75) is 19.9 Å². The van der Waals surface area contributed by atoms with Gasteiger partial charge in [-0.15, -0.1) is 0 Å². The maximum Gasteiger partial charge on any atom is 0.319 e. The van der Waals surface area contributed by atoms with E-state index in [2.05, 4.69) is 10.6 Å². The minimum Gasteiger partial charge on any atom is -0.327 e. The Hall–Kier alpha value is -1.81. The fraction of sp³-hybridized carbons (Fsp3) is 0.231. The Morgan fingerprint density at radius 2 is 2.11 bits per heavy atom. The quantitative estimate of drug-likeness (QED) is 0.862. The van der Waals surface area contributed by atoms with Crippen molar-refractivity contribution in [2.24, 2.45) is 0 Å². The van der Waals surface area contributed by atoms with Crippen LogP contribution in [0.2, 0.25) is 5.02 Å². The Morgan fingerprint density at radius 1 is 1.39 bits per heavy atom. The smallest absolute Gasteiger partial charge is 0.319 e.